The van der Waals surface area contributed by atoms with Gasteiger partial charge in [0.15, 0.2) is 0 Å². The maximum atomic E-state index is 13.3. The summed E-state index contributed by atoms with van der Waals surface area (Å²) in [5, 5.41) is 0. The van der Waals surface area contributed by atoms with E-state index < -0.39 is 5.82 Å². The lowest BCUT2D eigenvalue weighted by Crippen LogP contribution is -2.29. The Labute approximate surface area is 142 Å². The third kappa shape index (κ3) is 2.62. The molecule has 0 saturated carbocycles. The normalized spacial score (nSPS) is 13.8. The van der Waals surface area contributed by atoms with Gasteiger partial charge in [0.05, 0.1) is 17.7 Å². The number of nitrogens with zero attached hydrogens (tertiary/aromatic N) is 1. The number of hydrogen-bond donors (Lipinski definition) is 0. The fourth-order valence-electron chi connectivity index (χ4n) is 2.24. The largest absolute Gasteiger partial charge is 0.270 e. The molecule has 2 aromatic rings. The number of rotatable bonds is 2. The third-order valence-electron chi connectivity index (χ3n) is 3.27. The maximum absolute atomic E-state index is 13.3. The van der Waals surface area contributed by atoms with Gasteiger partial charge in [-0.15, -0.1) is 0 Å². The third-order valence-corrected chi connectivity index (χ3v) is 4.71. The van der Waals surface area contributed by atoms with Crippen LogP contribution in [0.3, 0.4) is 0 Å². The number of fused-ring (bicyclic) bond motifs is 1. The Morgan fingerprint density at radius 2 is 1.76 bits per heavy atom. The van der Waals surface area contributed by atoms with Crippen molar-refractivity contribution in [1.82, 2.24) is 4.90 Å². The number of benzene rings is 2. The lowest BCUT2D eigenvalue weighted by molar-refractivity contribution is 0.0642. The van der Waals surface area contributed by atoms with Crippen molar-refractivity contribution in [2.24, 2.45) is 0 Å². The van der Waals surface area contributed by atoms with Gasteiger partial charge in [-0.1, -0.05) is 15.9 Å². The fraction of sp³-hybridized carbons (Fsp3) is 0.0667. The lowest BCUT2D eigenvalue weighted by atomic mass is 10.1. The molecule has 3 rings (SSSR count). The van der Waals surface area contributed by atoms with E-state index in [0.29, 0.717) is 21.2 Å². The van der Waals surface area contributed by atoms with Gasteiger partial charge in [-0.2, -0.15) is 0 Å². The zero-order valence-corrected chi connectivity index (χ0v) is 14.3. The van der Waals surface area contributed by atoms with Crippen LogP contribution >= 0.6 is 38.5 Å². The molecule has 0 unspecified atom stereocenters. The highest BCUT2D eigenvalue weighted by Crippen LogP contribution is 2.28. The predicted octanol–water partition coefficient (Wildman–Crippen LogP) is 3.99. The van der Waals surface area contributed by atoms with Gasteiger partial charge in [-0.05, 0) is 64.6 Å². The Bertz CT molecular complexity index is 778. The number of carbonyl (C=O) groups excluding carboxylic acids is 2. The van der Waals surface area contributed by atoms with Crippen LogP contribution in [0.25, 0.3) is 0 Å². The molecule has 0 saturated heterocycles. The zero-order chi connectivity index (χ0) is 15.1. The summed E-state index contributed by atoms with van der Waals surface area (Å²) < 4.78 is 14.9. The Morgan fingerprint density at radius 1 is 1.05 bits per heavy atom. The highest BCUT2D eigenvalue weighted by molar-refractivity contribution is 14.1. The molecule has 1 aliphatic rings. The molecule has 0 N–H and O–H groups in total. The minimum absolute atomic E-state index is 0.0429. The van der Waals surface area contributed by atoms with Gasteiger partial charge < -0.3 is 0 Å². The molecule has 21 heavy (non-hydrogen) atoms. The lowest BCUT2D eigenvalue weighted by Gasteiger charge is -2.15. The van der Waals surface area contributed by atoms with E-state index >= 15 is 0 Å². The summed E-state index contributed by atoms with van der Waals surface area (Å²) >= 11 is 5.40. The van der Waals surface area contributed by atoms with E-state index in [-0.39, 0.29) is 18.4 Å². The smallest absolute Gasteiger partial charge is 0.261 e. The van der Waals surface area contributed by atoms with Crippen molar-refractivity contribution < 1.29 is 14.0 Å². The summed E-state index contributed by atoms with van der Waals surface area (Å²) in [5.74, 6) is -1.09. The topological polar surface area (TPSA) is 37.4 Å². The molecule has 0 radical (unpaired) electrons. The summed E-state index contributed by atoms with van der Waals surface area (Å²) in [6.07, 6.45) is 0. The average molecular weight is 460 g/mol. The molecule has 3 nitrogen and oxygen atoms in total. The van der Waals surface area contributed by atoms with E-state index in [1.807, 2.05) is 0 Å². The first-order valence-corrected chi connectivity index (χ1v) is 7.94. The quantitative estimate of drug-likeness (QED) is 0.503. The molecule has 1 aliphatic heterocycles. The van der Waals surface area contributed by atoms with E-state index in [1.165, 1.54) is 12.1 Å². The summed E-state index contributed by atoms with van der Waals surface area (Å²) in [6.45, 7) is 0.0429. The molecule has 0 fully saturated rings. The van der Waals surface area contributed by atoms with Gasteiger partial charge >= 0.3 is 0 Å². The Balaban J connectivity index is 1.97. The maximum Gasteiger partial charge on any atom is 0.261 e. The van der Waals surface area contributed by atoms with Crippen LogP contribution in [-0.2, 0) is 6.54 Å². The second-order valence-corrected chi connectivity index (χ2v) is 6.72. The molecule has 0 bridgehead atoms. The molecule has 0 aliphatic carbocycles. The van der Waals surface area contributed by atoms with Crippen LogP contribution in [0, 0.1) is 9.39 Å². The molecule has 2 amide bonds. The highest BCUT2D eigenvalue weighted by Gasteiger charge is 2.35. The van der Waals surface area contributed by atoms with Crippen LogP contribution in [-0.4, -0.2) is 16.7 Å². The first-order chi connectivity index (χ1) is 9.97. The van der Waals surface area contributed by atoms with Crippen molar-refractivity contribution in [3.8, 4) is 0 Å². The van der Waals surface area contributed by atoms with E-state index in [0.717, 1.165) is 8.47 Å². The van der Waals surface area contributed by atoms with Gasteiger partial charge in [0.2, 0.25) is 0 Å². The van der Waals surface area contributed by atoms with Crippen molar-refractivity contribution in [3.05, 3.63) is 66.9 Å². The molecule has 106 valence electrons. The fourth-order valence-corrected chi connectivity index (χ4v) is 3.10. The summed E-state index contributed by atoms with van der Waals surface area (Å²) in [4.78, 5) is 25.8. The number of amides is 2. The number of halogens is 3. The Kier molecular flexibility index (Phi) is 3.83. The number of carbonyl (C=O) groups is 2. The molecule has 0 spiro atoms. The highest BCUT2D eigenvalue weighted by atomic mass is 127. The minimum atomic E-state index is -0.403. The van der Waals surface area contributed by atoms with Crippen LogP contribution in [0.15, 0.2) is 40.9 Å². The van der Waals surface area contributed by atoms with Crippen LogP contribution < -0.4 is 0 Å². The van der Waals surface area contributed by atoms with E-state index in [9.17, 15) is 14.0 Å². The number of hydrogen-bond acceptors (Lipinski definition) is 2. The monoisotopic (exact) mass is 459 g/mol. The molecular weight excluding hydrogens is 452 g/mol. The standard InChI is InChI=1S/C15H8BrFINO2/c16-13-4-1-9(17)5-8(13)7-19-14(20)11-3-2-10(18)6-12(11)15(19)21/h1-6H,7H2. The molecule has 0 atom stereocenters. The van der Waals surface area contributed by atoms with Crippen molar-refractivity contribution in [2.75, 3.05) is 0 Å². The van der Waals surface area contributed by atoms with Crippen LogP contribution in [0.2, 0.25) is 0 Å². The second-order valence-electron chi connectivity index (χ2n) is 4.62. The van der Waals surface area contributed by atoms with Crippen LogP contribution in [0.1, 0.15) is 26.3 Å². The Morgan fingerprint density at radius 3 is 2.52 bits per heavy atom. The first kappa shape index (κ1) is 14.6. The summed E-state index contributed by atoms with van der Waals surface area (Å²) in [6, 6.07) is 9.32. The zero-order valence-electron chi connectivity index (χ0n) is 10.6. The van der Waals surface area contributed by atoms with Crippen molar-refractivity contribution in [3.63, 3.8) is 0 Å². The van der Waals surface area contributed by atoms with Gasteiger partial charge in [-0.3, -0.25) is 14.5 Å². The average Bonchev–Trinajstić information content (AvgIpc) is 2.67. The summed E-state index contributed by atoms with van der Waals surface area (Å²) in [7, 11) is 0. The van der Waals surface area contributed by atoms with Crippen LogP contribution in [0.4, 0.5) is 4.39 Å². The molecular formula is C15H8BrFINO2. The molecule has 0 aromatic heterocycles. The van der Waals surface area contributed by atoms with Crippen molar-refractivity contribution in [1.29, 1.82) is 0 Å². The second kappa shape index (κ2) is 5.49. The van der Waals surface area contributed by atoms with Gasteiger partial charge in [0.25, 0.3) is 11.8 Å². The minimum Gasteiger partial charge on any atom is -0.270 e. The first-order valence-electron chi connectivity index (χ1n) is 6.07. The molecule has 1 heterocycles. The van der Waals surface area contributed by atoms with E-state index in [4.69, 9.17) is 0 Å². The van der Waals surface area contributed by atoms with E-state index in [2.05, 4.69) is 38.5 Å². The van der Waals surface area contributed by atoms with Gasteiger partial charge in [0.1, 0.15) is 5.82 Å². The van der Waals surface area contributed by atoms with E-state index in [1.54, 1.807) is 24.3 Å². The summed E-state index contributed by atoms with van der Waals surface area (Å²) in [5.41, 5.74) is 1.35. The van der Waals surface area contributed by atoms with Gasteiger partial charge in [-0.25, -0.2) is 4.39 Å². The SMILES string of the molecule is O=C1c2ccc(I)cc2C(=O)N1Cc1cc(F)ccc1Br. The molecule has 6 heteroatoms. The van der Waals surface area contributed by atoms with Crippen molar-refractivity contribution in [2.45, 2.75) is 6.54 Å². The molecule has 2 aromatic carbocycles. The number of imide groups is 1. The van der Waals surface area contributed by atoms with Crippen molar-refractivity contribution >= 4 is 50.3 Å². The Hall–Kier alpha value is -1.28. The predicted molar refractivity (Wildman–Crippen MR) is 87.5 cm³/mol. The van der Waals surface area contributed by atoms with Gasteiger partial charge in [0, 0.05) is 8.04 Å². The van der Waals surface area contributed by atoms with Crippen LogP contribution in [0.5, 0.6) is 0 Å².